The van der Waals surface area contributed by atoms with Crippen LogP contribution in [-0.2, 0) is 14.3 Å². The second kappa shape index (κ2) is 14.1. The van der Waals surface area contributed by atoms with Gasteiger partial charge in [-0.05, 0) is 68.6 Å². The number of carbonyl (C=O) groups is 4. The Morgan fingerprint density at radius 2 is 1.65 bits per heavy atom. The van der Waals surface area contributed by atoms with E-state index >= 15 is 0 Å². The van der Waals surface area contributed by atoms with Gasteiger partial charge in [0.1, 0.15) is 6.10 Å². The summed E-state index contributed by atoms with van der Waals surface area (Å²) in [5.41, 5.74) is 2.86. The first kappa shape index (κ1) is 32.0. The molecule has 2 aliphatic rings. The molecule has 1 heterocycles. The maximum Gasteiger partial charge on any atom is 0.412 e. The zero-order valence-electron chi connectivity index (χ0n) is 25.9. The Bertz CT molecular complexity index is 1330. The van der Waals surface area contributed by atoms with Gasteiger partial charge in [-0.2, -0.15) is 0 Å². The number of aryl methyl sites for hydroxylation is 2. The summed E-state index contributed by atoms with van der Waals surface area (Å²) in [5, 5.41) is 12.5. The molecule has 43 heavy (non-hydrogen) atoms. The van der Waals surface area contributed by atoms with Gasteiger partial charge in [0.25, 0.3) is 11.8 Å². The van der Waals surface area contributed by atoms with E-state index in [2.05, 4.69) is 26.1 Å². The molecule has 2 aromatic rings. The summed E-state index contributed by atoms with van der Waals surface area (Å²) >= 11 is 0. The Labute approximate surface area is 254 Å². The van der Waals surface area contributed by atoms with Crippen LogP contribution in [0.2, 0.25) is 0 Å². The number of carbonyl (C=O) groups excluding carboxylic acids is 3. The molecule has 5 unspecified atom stereocenters. The van der Waals surface area contributed by atoms with E-state index in [9.17, 15) is 24.3 Å². The molecule has 1 aliphatic carbocycles. The molecule has 0 bridgehead atoms. The van der Waals surface area contributed by atoms with Crippen LogP contribution in [0.4, 0.5) is 4.79 Å². The van der Waals surface area contributed by atoms with Gasteiger partial charge in [-0.15, -0.1) is 0 Å². The van der Waals surface area contributed by atoms with Crippen LogP contribution < -0.4 is 5.32 Å². The van der Waals surface area contributed by atoms with Gasteiger partial charge in [0, 0.05) is 18.7 Å². The highest BCUT2D eigenvalue weighted by Gasteiger charge is 2.44. The molecule has 232 valence electrons. The zero-order valence-corrected chi connectivity index (χ0v) is 25.9. The van der Waals surface area contributed by atoms with Crippen molar-refractivity contribution in [3.8, 4) is 0 Å². The lowest BCUT2D eigenvalue weighted by atomic mass is 9.75. The number of nitrogens with one attached hydrogen (secondary N) is 1. The molecule has 9 nitrogen and oxygen atoms in total. The lowest BCUT2D eigenvalue weighted by molar-refractivity contribution is -0.139. The van der Waals surface area contributed by atoms with E-state index in [0.29, 0.717) is 29.4 Å². The summed E-state index contributed by atoms with van der Waals surface area (Å²) < 4.78 is 6.15. The molecule has 9 heteroatoms. The third kappa shape index (κ3) is 7.94. The smallest absolute Gasteiger partial charge is 0.412 e. The first-order valence-corrected chi connectivity index (χ1v) is 15.4. The second-order valence-corrected chi connectivity index (χ2v) is 12.6. The molecule has 0 radical (unpaired) electrons. The predicted octanol–water partition coefficient (Wildman–Crippen LogP) is 5.71. The van der Waals surface area contributed by atoms with Gasteiger partial charge in [-0.1, -0.05) is 74.7 Å². The highest BCUT2D eigenvalue weighted by molar-refractivity contribution is 5.98. The monoisotopic (exact) mass is 591 g/mol. The topological polar surface area (TPSA) is 116 Å². The lowest BCUT2D eigenvalue weighted by Crippen LogP contribution is -2.64. The second-order valence-electron chi connectivity index (χ2n) is 12.6. The number of rotatable bonds is 8. The summed E-state index contributed by atoms with van der Waals surface area (Å²) in [6, 6.07) is 13.5. The minimum absolute atomic E-state index is 0.212. The van der Waals surface area contributed by atoms with Gasteiger partial charge in [0.2, 0.25) is 0 Å². The molecule has 1 saturated heterocycles. The molecule has 5 atom stereocenters. The summed E-state index contributed by atoms with van der Waals surface area (Å²) in [5.74, 6) is -1.12. The number of hydrogen-bond donors (Lipinski definition) is 2. The number of carboxylic acid groups (broad SMARTS) is 1. The molecule has 2 fully saturated rings. The Morgan fingerprint density at radius 1 is 0.977 bits per heavy atom. The standard InChI is InChI=1S/C34H45N3O6/c1-21(2)27-14-13-24(5)19-29(27)43-34(42)37-16-8-15-36(33(41)26-12-7-10-23(4)18-26)32(37)31(40)35-28(20-30(38)39)25-11-6-9-22(3)17-25/h6-7,9-12,17-18,21,24,27-29,32H,8,13-16,19-20H2,1-5H3,(H,35,40)(H,38,39). The van der Waals surface area contributed by atoms with E-state index in [4.69, 9.17) is 4.74 Å². The minimum atomic E-state index is -1.30. The molecule has 4 rings (SSSR count). The Kier molecular flexibility index (Phi) is 10.5. The fourth-order valence-corrected chi connectivity index (χ4v) is 6.46. The van der Waals surface area contributed by atoms with E-state index in [1.165, 1.54) is 9.80 Å². The maximum atomic E-state index is 14.1. The maximum absolute atomic E-state index is 14.1. The molecule has 2 aromatic carbocycles. The lowest BCUT2D eigenvalue weighted by Gasteiger charge is -2.44. The number of carboxylic acids is 1. The van der Waals surface area contributed by atoms with Crippen molar-refractivity contribution < 1.29 is 29.0 Å². The van der Waals surface area contributed by atoms with Crippen molar-refractivity contribution >= 4 is 23.9 Å². The Morgan fingerprint density at radius 3 is 2.30 bits per heavy atom. The summed E-state index contributed by atoms with van der Waals surface area (Å²) in [4.78, 5) is 56.5. The van der Waals surface area contributed by atoms with Crippen LogP contribution in [0.1, 0.15) is 86.0 Å². The van der Waals surface area contributed by atoms with Gasteiger partial charge in [0.15, 0.2) is 6.17 Å². The number of amides is 3. The third-order valence-corrected chi connectivity index (χ3v) is 8.74. The zero-order chi connectivity index (χ0) is 31.3. The molecule has 0 spiro atoms. The van der Waals surface area contributed by atoms with Gasteiger partial charge in [-0.25, -0.2) is 4.79 Å². The molecule has 3 amide bonds. The van der Waals surface area contributed by atoms with E-state index in [0.717, 1.165) is 30.4 Å². The van der Waals surface area contributed by atoms with Crippen LogP contribution in [0.3, 0.4) is 0 Å². The van der Waals surface area contributed by atoms with Crippen LogP contribution in [0.25, 0.3) is 0 Å². The number of hydrogen-bond acceptors (Lipinski definition) is 5. The summed E-state index contributed by atoms with van der Waals surface area (Å²) in [6.45, 7) is 10.7. The van der Waals surface area contributed by atoms with Crippen LogP contribution in [0, 0.1) is 31.6 Å². The molecular weight excluding hydrogens is 546 g/mol. The SMILES string of the molecule is Cc1cccc(C(=O)N2CCCN(C(=O)OC3CC(C)CCC3C(C)C)C2C(=O)NC(CC(=O)O)c2cccc(C)c2)c1. The number of aliphatic carboxylic acids is 1. The predicted molar refractivity (Wildman–Crippen MR) is 163 cm³/mol. The van der Waals surface area contributed by atoms with E-state index in [1.807, 2.05) is 32.0 Å². The first-order valence-electron chi connectivity index (χ1n) is 15.4. The number of nitrogens with zero attached hydrogens (tertiary/aromatic N) is 2. The van der Waals surface area contributed by atoms with E-state index in [-0.39, 0.29) is 37.4 Å². The number of benzene rings is 2. The summed E-state index contributed by atoms with van der Waals surface area (Å²) in [7, 11) is 0. The van der Waals surface area contributed by atoms with Crippen LogP contribution in [0.15, 0.2) is 48.5 Å². The highest BCUT2D eigenvalue weighted by Crippen LogP contribution is 2.36. The van der Waals surface area contributed by atoms with Crippen LogP contribution >= 0.6 is 0 Å². The van der Waals surface area contributed by atoms with Crippen molar-refractivity contribution in [1.29, 1.82) is 0 Å². The van der Waals surface area contributed by atoms with Crippen LogP contribution in [-0.4, -0.2) is 64.1 Å². The number of ether oxygens (including phenoxy) is 1. The first-order chi connectivity index (χ1) is 20.4. The van der Waals surface area contributed by atoms with Crippen molar-refractivity contribution in [2.75, 3.05) is 13.1 Å². The van der Waals surface area contributed by atoms with Crippen molar-refractivity contribution in [3.05, 3.63) is 70.8 Å². The van der Waals surface area contributed by atoms with Gasteiger partial charge in [-0.3, -0.25) is 19.3 Å². The Hall–Kier alpha value is -3.88. The van der Waals surface area contributed by atoms with Gasteiger partial charge in [0.05, 0.1) is 12.5 Å². The van der Waals surface area contributed by atoms with E-state index < -0.39 is 30.2 Å². The normalized spacial score (nSPS) is 23.0. The highest BCUT2D eigenvalue weighted by atomic mass is 16.6. The Balaban J connectivity index is 1.67. The largest absolute Gasteiger partial charge is 0.481 e. The van der Waals surface area contributed by atoms with Gasteiger partial charge >= 0.3 is 12.1 Å². The van der Waals surface area contributed by atoms with Crippen molar-refractivity contribution in [1.82, 2.24) is 15.1 Å². The quantitative estimate of drug-likeness (QED) is 0.407. The average Bonchev–Trinajstić information content (AvgIpc) is 2.95. The van der Waals surface area contributed by atoms with Crippen molar-refractivity contribution in [3.63, 3.8) is 0 Å². The van der Waals surface area contributed by atoms with Crippen molar-refractivity contribution in [2.24, 2.45) is 17.8 Å². The molecule has 1 saturated carbocycles. The fraction of sp³-hybridized carbons (Fsp3) is 0.529. The van der Waals surface area contributed by atoms with E-state index in [1.54, 1.807) is 30.3 Å². The molecular formula is C34H45N3O6. The average molecular weight is 592 g/mol. The fourth-order valence-electron chi connectivity index (χ4n) is 6.46. The summed E-state index contributed by atoms with van der Waals surface area (Å²) in [6.07, 6.45) is 0.704. The molecule has 2 N–H and O–H groups in total. The molecule has 1 aliphatic heterocycles. The van der Waals surface area contributed by atoms with Crippen LogP contribution in [0.5, 0.6) is 0 Å². The third-order valence-electron chi connectivity index (χ3n) is 8.74. The van der Waals surface area contributed by atoms with Gasteiger partial charge < -0.3 is 20.1 Å². The van der Waals surface area contributed by atoms with Crippen molar-refractivity contribution in [2.45, 2.75) is 85.0 Å². The molecule has 0 aromatic heterocycles. The minimum Gasteiger partial charge on any atom is -0.481 e.